The molecule has 0 saturated carbocycles. The van der Waals surface area contributed by atoms with Gasteiger partial charge in [0.25, 0.3) is 0 Å². The molecule has 0 aliphatic carbocycles. The van der Waals surface area contributed by atoms with Crippen LogP contribution >= 0.6 is 0 Å². The molecular formula is C3H3GaInNaO. The number of carbonyl (C=O) groups excluding carboxylic acids is 1. The molecule has 0 aromatic carbocycles. The van der Waals surface area contributed by atoms with E-state index in [2.05, 4.69) is 6.58 Å². The molecule has 28 valence electrons. The van der Waals surface area contributed by atoms with Crippen molar-refractivity contribution >= 4 is 51.9 Å². The van der Waals surface area contributed by atoms with E-state index < -0.39 is 0 Å². The minimum atomic E-state index is 0. The van der Waals surface area contributed by atoms with E-state index in [9.17, 15) is 0 Å². The molecule has 4 heteroatoms. The summed E-state index contributed by atoms with van der Waals surface area (Å²) < 4.78 is 0. The fraction of sp³-hybridized carbons (Fsp3) is 0. The Morgan fingerprint density at radius 3 is 1.71 bits per heavy atom. The van der Waals surface area contributed by atoms with Crippen molar-refractivity contribution in [2.75, 3.05) is 0 Å². The summed E-state index contributed by atoms with van der Waals surface area (Å²) in [7, 11) is 0. The molecule has 0 heterocycles. The van der Waals surface area contributed by atoms with Gasteiger partial charge in [-0.3, -0.25) is 0 Å². The summed E-state index contributed by atoms with van der Waals surface area (Å²) in [4.78, 5) is 8.93. The summed E-state index contributed by atoms with van der Waals surface area (Å²) in [5.74, 6) is 0. The third-order valence-electron chi connectivity index (χ3n) is 0.0833. The van der Waals surface area contributed by atoms with Crippen LogP contribution in [0.3, 0.4) is 0 Å². The Morgan fingerprint density at radius 2 is 1.71 bits per heavy atom. The van der Waals surface area contributed by atoms with Crippen LogP contribution in [0, 0.1) is 0 Å². The van der Waals surface area contributed by atoms with E-state index in [1.54, 1.807) is 0 Å². The van der Waals surface area contributed by atoms with E-state index in [-0.39, 0.29) is 75.2 Å². The molecule has 0 saturated heterocycles. The van der Waals surface area contributed by atoms with Crippen molar-refractivity contribution in [1.82, 2.24) is 0 Å². The Balaban J connectivity index is -0.0000000150. The summed E-state index contributed by atoms with van der Waals surface area (Å²) in [6.07, 6.45) is 2.51. The van der Waals surface area contributed by atoms with Gasteiger partial charge in [0, 0.05) is 45.6 Å². The number of allylic oxidation sites excluding steroid dienone is 1. The van der Waals surface area contributed by atoms with Gasteiger partial charge in [0.15, 0.2) is 0 Å². The van der Waals surface area contributed by atoms with Gasteiger partial charge in [0.1, 0.15) is 0 Å². The molecule has 0 aliphatic rings. The van der Waals surface area contributed by atoms with Gasteiger partial charge < -0.3 is 4.79 Å². The fourth-order valence-electron chi connectivity index (χ4n) is 0. The zero-order valence-electron chi connectivity index (χ0n) is 4.35. The molecule has 0 rings (SSSR count). The van der Waals surface area contributed by atoms with E-state index in [0.29, 0.717) is 0 Å². The monoisotopic (exact) mass is 262 g/mol. The van der Waals surface area contributed by atoms with Crippen LogP contribution in [0.15, 0.2) is 12.7 Å². The maximum Gasteiger partial charge on any atom is 1.00 e. The van der Waals surface area contributed by atoms with Crippen LogP contribution < -0.4 is 29.6 Å². The summed E-state index contributed by atoms with van der Waals surface area (Å²) in [5.41, 5.74) is 0. The van der Waals surface area contributed by atoms with Crippen LogP contribution in [-0.4, -0.2) is 51.9 Å². The Kier molecular flexibility index (Phi) is 81.5. The minimum Gasteiger partial charge on any atom is -0.419 e. The predicted octanol–water partition coefficient (Wildman–Crippen LogP) is -3.48. The molecule has 0 spiro atoms. The van der Waals surface area contributed by atoms with Crippen molar-refractivity contribution in [1.29, 1.82) is 0 Å². The third-order valence-corrected chi connectivity index (χ3v) is 0.0833. The van der Waals surface area contributed by atoms with Gasteiger partial charge in [-0.1, -0.05) is 0 Å². The van der Waals surface area contributed by atoms with Gasteiger partial charge >= 0.3 is 29.6 Å². The van der Waals surface area contributed by atoms with Crippen molar-refractivity contribution in [3.63, 3.8) is 0 Å². The van der Waals surface area contributed by atoms with Crippen LogP contribution in [0.1, 0.15) is 0 Å². The molecule has 0 atom stereocenters. The fourth-order valence-corrected chi connectivity index (χ4v) is 0. The van der Waals surface area contributed by atoms with Crippen LogP contribution in [-0.2, 0) is 4.79 Å². The molecule has 0 fully saturated rings. The zero-order valence-corrected chi connectivity index (χ0v) is 12.1. The largest absolute Gasteiger partial charge is 1.00 e. The maximum absolute atomic E-state index is 8.93. The molecular weight excluding hydrogens is 260 g/mol. The van der Waals surface area contributed by atoms with E-state index in [0.717, 1.165) is 6.08 Å². The normalized spacial score (nSPS) is 2.86. The van der Waals surface area contributed by atoms with E-state index >= 15 is 0 Å². The first-order chi connectivity index (χ1) is 1.91. The molecule has 1 nitrogen and oxygen atoms in total. The number of rotatable bonds is 1. The van der Waals surface area contributed by atoms with Gasteiger partial charge in [-0.25, -0.2) is 12.7 Å². The second kappa shape index (κ2) is 24.7. The van der Waals surface area contributed by atoms with Gasteiger partial charge in [-0.15, -0.1) is 0 Å². The Labute approximate surface area is 97.4 Å². The molecule has 0 unspecified atom stereocenters. The van der Waals surface area contributed by atoms with Crippen molar-refractivity contribution < 1.29 is 34.4 Å². The molecule has 0 aliphatic heterocycles. The molecule has 0 amide bonds. The predicted molar refractivity (Wildman–Crippen MR) is 27.4 cm³/mol. The summed E-state index contributed by atoms with van der Waals surface area (Å²) in [6, 6.07) is 0. The molecule has 0 aromatic heterocycles. The first-order valence-electron chi connectivity index (χ1n) is 0.901. The van der Waals surface area contributed by atoms with E-state index in [1.165, 1.54) is 6.29 Å². The molecule has 7 heavy (non-hydrogen) atoms. The third kappa shape index (κ3) is 32.6. The Hall–Kier alpha value is 1.92. The topological polar surface area (TPSA) is 17.1 Å². The second-order valence-electron chi connectivity index (χ2n) is 0.322. The standard InChI is InChI=1S/C3H3O.Ga.In.Na/c1-2-3-4;;;/h2H,1H2;;;/q-1;;;+1. The van der Waals surface area contributed by atoms with Crippen molar-refractivity contribution in [3.05, 3.63) is 12.7 Å². The molecule has 6 radical (unpaired) electrons. The van der Waals surface area contributed by atoms with Crippen LogP contribution in [0.5, 0.6) is 0 Å². The van der Waals surface area contributed by atoms with Gasteiger partial charge in [-0.2, -0.15) is 0 Å². The maximum atomic E-state index is 8.93. The Morgan fingerprint density at radius 1 is 1.57 bits per heavy atom. The van der Waals surface area contributed by atoms with Crippen molar-refractivity contribution in [2.24, 2.45) is 0 Å². The molecule has 0 N–H and O–H groups in total. The van der Waals surface area contributed by atoms with Crippen molar-refractivity contribution in [2.45, 2.75) is 0 Å². The average molecular weight is 263 g/mol. The van der Waals surface area contributed by atoms with E-state index in [1.807, 2.05) is 0 Å². The molecule has 0 aromatic rings. The van der Waals surface area contributed by atoms with Gasteiger partial charge in [-0.05, 0) is 6.29 Å². The second-order valence-corrected chi connectivity index (χ2v) is 0.322. The smallest absolute Gasteiger partial charge is 0.419 e. The number of hydrogen-bond donors (Lipinski definition) is 0. The van der Waals surface area contributed by atoms with Crippen LogP contribution in [0.4, 0.5) is 0 Å². The van der Waals surface area contributed by atoms with E-state index in [4.69, 9.17) is 4.79 Å². The van der Waals surface area contributed by atoms with Gasteiger partial charge in [0.2, 0.25) is 0 Å². The Bertz CT molecular complexity index is 35.9. The van der Waals surface area contributed by atoms with Crippen LogP contribution in [0.2, 0.25) is 0 Å². The first-order valence-corrected chi connectivity index (χ1v) is 0.901. The first kappa shape index (κ1) is 23.1. The number of hydrogen-bond acceptors (Lipinski definition) is 1. The summed E-state index contributed by atoms with van der Waals surface area (Å²) in [5, 5.41) is 0. The SMILES string of the molecule is C=C[C-]=O.[Ga].[In].[Na+]. The van der Waals surface area contributed by atoms with Crippen LogP contribution in [0.25, 0.3) is 0 Å². The summed E-state index contributed by atoms with van der Waals surface area (Å²) in [6.45, 7) is 3.06. The van der Waals surface area contributed by atoms with Gasteiger partial charge in [0.05, 0.1) is 0 Å². The summed E-state index contributed by atoms with van der Waals surface area (Å²) >= 11 is 0. The quantitative estimate of drug-likeness (QED) is 0.273. The zero-order chi connectivity index (χ0) is 3.41. The van der Waals surface area contributed by atoms with Crippen molar-refractivity contribution in [3.8, 4) is 0 Å². The average Bonchev–Trinajstić information content (AvgIpc) is 1.37. The minimum absolute atomic E-state index is 0. The molecule has 0 bridgehead atoms.